The Morgan fingerprint density at radius 1 is 1.27 bits per heavy atom. The summed E-state index contributed by atoms with van der Waals surface area (Å²) in [7, 11) is 0. The minimum atomic E-state index is 0.0912. The summed E-state index contributed by atoms with van der Waals surface area (Å²) in [5.74, 6) is 1.36. The second kappa shape index (κ2) is 6.64. The van der Waals surface area contributed by atoms with Crippen molar-refractivity contribution in [1.82, 2.24) is 20.4 Å². The van der Waals surface area contributed by atoms with Gasteiger partial charge in [-0.1, -0.05) is 11.5 Å². The quantitative estimate of drug-likeness (QED) is 0.874. The first-order valence-corrected chi connectivity index (χ1v) is 8.22. The second-order valence-electron chi connectivity index (χ2n) is 6.54. The van der Waals surface area contributed by atoms with Crippen LogP contribution in [0.5, 0.6) is 0 Å². The molecule has 1 aromatic heterocycles. The molecule has 0 unspecified atom stereocenters. The lowest BCUT2D eigenvalue weighted by Gasteiger charge is -2.33. The number of aromatic nitrogens is 2. The van der Waals surface area contributed by atoms with Gasteiger partial charge in [-0.3, -0.25) is 9.69 Å². The third-order valence-electron chi connectivity index (χ3n) is 4.34. The molecule has 7 heteroatoms. The van der Waals surface area contributed by atoms with Crippen molar-refractivity contribution in [3.05, 3.63) is 5.89 Å². The third kappa shape index (κ3) is 3.58. The van der Waals surface area contributed by atoms with Crippen LogP contribution in [0.4, 0.5) is 6.01 Å². The summed E-state index contributed by atoms with van der Waals surface area (Å²) >= 11 is 0. The zero-order valence-corrected chi connectivity index (χ0v) is 13.4. The molecule has 1 amide bonds. The summed E-state index contributed by atoms with van der Waals surface area (Å²) in [6, 6.07) is 0.824. The molecule has 2 heterocycles. The van der Waals surface area contributed by atoms with Crippen LogP contribution in [0.1, 0.15) is 44.9 Å². The van der Waals surface area contributed by atoms with Gasteiger partial charge in [-0.25, -0.2) is 0 Å². The van der Waals surface area contributed by atoms with E-state index in [0.717, 1.165) is 32.1 Å². The molecule has 122 valence electrons. The van der Waals surface area contributed by atoms with Crippen molar-refractivity contribution in [3.63, 3.8) is 0 Å². The highest BCUT2D eigenvalue weighted by molar-refractivity contribution is 5.78. The van der Waals surface area contributed by atoms with Crippen LogP contribution < -0.4 is 10.2 Å². The van der Waals surface area contributed by atoms with Crippen molar-refractivity contribution < 1.29 is 9.21 Å². The van der Waals surface area contributed by atoms with Crippen molar-refractivity contribution in [2.75, 3.05) is 37.6 Å². The van der Waals surface area contributed by atoms with Crippen molar-refractivity contribution in [3.8, 4) is 0 Å². The molecule has 3 rings (SSSR count). The number of anilines is 1. The fraction of sp³-hybridized carbons (Fsp3) is 0.800. The van der Waals surface area contributed by atoms with E-state index in [2.05, 4.69) is 25.3 Å². The van der Waals surface area contributed by atoms with Gasteiger partial charge in [-0.15, -0.1) is 5.10 Å². The first-order chi connectivity index (χ1) is 10.6. The molecule has 2 fully saturated rings. The van der Waals surface area contributed by atoms with E-state index >= 15 is 0 Å². The molecule has 7 nitrogen and oxygen atoms in total. The number of hydrogen-bond acceptors (Lipinski definition) is 6. The summed E-state index contributed by atoms with van der Waals surface area (Å²) in [6.07, 6.45) is 3.60. The van der Waals surface area contributed by atoms with Crippen LogP contribution in [0.3, 0.4) is 0 Å². The van der Waals surface area contributed by atoms with E-state index in [1.807, 2.05) is 13.8 Å². The Labute approximate surface area is 131 Å². The van der Waals surface area contributed by atoms with E-state index in [1.165, 1.54) is 19.3 Å². The van der Waals surface area contributed by atoms with E-state index in [9.17, 15) is 4.79 Å². The summed E-state index contributed by atoms with van der Waals surface area (Å²) in [5, 5.41) is 11.3. The summed E-state index contributed by atoms with van der Waals surface area (Å²) in [6.45, 7) is 7.74. The maximum Gasteiger partial charge on any atom is 0.318 e. The highest BCUT2D eigenvalue weighted by Gasteiger charge is 2.27. The fourth-order valence-electron chi connectivity index (χ4n) is 2.84. The first-order valence-electron chi connectivity index (χ1n) is 8.22. The van der Waals surface area contributed by atoms with Crippen LogP contribution in [0, 0.1) is 0 Å². The molecule has 0 atom stereocenters. The van der Waals surface area contributed by atoms with Crippen molar-refractivity contribution >= 4 is 11.9 Å². The Hall–Kier alpha value is -1.63. The van der Waals surface area contributed by atoms with Gasteiger partial charge in [0.1, 0.15) is 0 Å². The van der Waals surface area contributed by atoms with Crippen LogP contribution in [-0.4, -0.2) is 59.8 Å². The molecule has 0 bridgehead atoms. The van der Waals surface area contributed by atoms with Crippen LogP contribution in [0.2, 0.25) is 0 Å². The third-order valence-corrected chi connectivity index (χ3v) is 4.34. The summed E-state index contributed by atoms with van der Waals surface area (Å²) in [5.41, 5.74) is 0. The van der Waals surface area contributed by atoms with Crippen molar-refractivity contribution in [1.29, 1.82) is 0 Å². The molecular formula is C15H25N5O2. The highest BCUT2D eigenvalue weighted by Crippen LogP contribution is 2.36. The highest BCUT2D eigenvalue weighted by atomic mass is 16.4. The lowest BCUT2D eigenvalue weighted by Crippen LogP contribution is -2.50. The number of carbonyl (C=O) groups excluding carboxylic acids is 1. The molecule has 1 aliphatic carbocycles. The molecule has 1 saturated heterocycles. The lowest BCUT2D eigenvalue weighted by atomic mass is 9.85. The number of nitrogens with zero attached hydrogens (tertiary/aromatic N) is 4. The monoisotopic (exact) mass is 307 g/mol. The van der Waals surface area contributed by atoms with Crippen LogP contribution in [0.15, 0.2) is 4.42 Å². The molecular weight excluding hydrogens is 282 g/mol. The second-order valence-corrected chi connectivity index (χ2v) is 6.54. The Morgan fingerprint density at radius 2 is 2.00 bits per heavy atom. The Morgan fingerprint density at radius 3 is 2.59 bits per heavy atom. The predicted octanol–water partition coefficient (Wildman–Crippen LogP) is 0.984. The van der Waals surface area contributed by atoms with Crippen molar-refractivity contribution in [2.45, 2.75) is 45.1 Å². The smallest absolute Gasteiger partial charge is 0.318 e. The largest absolute Gasteiger partial charge is 0.408 e. The van der Waals surface area contributed by atoms with Crippen LogP contribution >= 0.6 is 0 Å². The number of amides is 1. The number of nitrogens with one attached hydrogen (secondary N) is 1. The zero-order chi connectivity index (χ0) is 15.5. The van der Waals surface area contributed by atoms with E-state index in [0.29, 0.717) is 18.5 Å². The van der Waals surface area contributed by atoms with Gasteiger partial charge in [-0.2, -0.15) is 0 Å². The molecule has 0 radical (unpaired) electrons. The van der Waals surface area contributed by atoms with E-state index in [-0.39, 0.29) is 11.9 Å². The molecule has 2 aliphatic rings. The van der Waals surface area contributed by atoms with Gasteiger partial charge in [0, 0.05) is 38.1 Å². The summed E-state index contributed by atoms with van der Waals surface area (Å²) < 4.78 is 5.80. The fourth-order valence-corrected chi connectivity index (χ4v) is 2.84. The molecule has 1 aromatic rings. The molecule has 0 aromatic carbocycles. The van der Waals surface area contributed by atoms with Crippen LogP contribution in [-0.2, 0) is 4.79 Å². The zero-order valence-electron chi connectivity index (χ0n) is 13.4. The topological polar surface area (TPSA) is 74.5 Å². The molecule has 1 saturated carbocycles. The predicted molar refractivity (Wildman–Crippen MR) is 82.8 cm³/mol. The first kappa shape index (κ1) is 15.3. The van der Waals surface area contributed by atoms with E-state index < -0.39 is 0 Å². The normalized spacial score (nSPS) is 20.2. The van der Waals surface area contributed by atoms with Crippen LogP contribution in [0.25, 0.3) is 0 Å². The van der Waals surface area contributed by atoms with Gasteiger partial charge in [-0.05, 0) is 26.7 Å². The number of hydrogen-bond donors (Lipinski definition) is 1. The van der Waals surface area contributed by atoms with Gasteiger partial charge < -0.3 is 14.6 Å². The van der Waals surface area contributed by atoms with Crippen molar-refractivity contribution in [2.24, 2.45) is 0 Å². The molecule has 1 aliphatic heterocycles. The number of rotatable bonds is 5. The van der Waals surface area contributed by atoms with Gasteiger partial charge in [0.25, 0.3) is 0 Å². The van der Waals surface area contributed by atoms with Gasteiger partial charge in [0.2, 0.25) is 11.8 Å². The SMILES string of the molecule is CC(C)NC(=O)CN1CCN(c2nnc(C3CCC3)o2)CC1. The Bertz CT molecular complexity index is 504. The number of carbonyl (C=O) groups is 1. The van der Waals surface area contributed by atoms with E-state index in [1.54, 1.807) is 0 Å². The Balaban J connectivity index is 1.47. The maximum absolute atomic E-state index is 11.8. The average molecular weight is 307 g/mol. The van der Waals surface area contributed by atoms with E-state index in [4.69, 9.17) is 4.42 Å². The Kier molecular flexibility index (Phi) is 4.61. The van der Waals surface area contributed by atoms with Gasteiger partial charge >= 0.3 is 6.01 Å². The molecule has 1 N–H and O–H groups in total. The molecule has 0 spiro atoms. The molecule has 22 heavy (non-hydrogen) atoms. The van der Waals surface area contributed by atoms with Gasteiger partial charge in [0.05, 0.1) is 6.54 Å². The average Bonchev–Trinajstić information content (AvgIpc) is 2.85. The van der Waals surface area contributed by atoms with Gasteiger partial charge in [0.15, 0.2) is 0 Å². The maximum atomic E-state index is 11.8. The standard InChI is InChI=1S/C15H25N5O2/c1-11(2)16-13(21)10-19-6-8-20(9-7-19)15-18-17-14(22-15)12-4-3-5-12/h11-12H,3-10H2,1-2H3,(H,16,21). The summed E-state index contributed by atoms with van der Waals surface area (Å²) in [4.78, 5) is 16.1. The minimum absolute atomic E-state index is 0.0912. The number of piperazine rings is 1. The minimum Gasteiger partial charge on any atom is -0.408 e. The lowest BCUT2D eigenvalue weighted by molar-refractivity contribution is -0.122.